The molecule has 0 spiro atoms. The molecule has 1 amide bonds. The number of benzene rings is 2. The van der Waals surface area contributed by atoms with E-state index in [4.69, 9.17) is 23.2 Å². The third-order valence-electron chi connectivity index (χ3n) is 7.55. The summed E-state index contributed by atoms with van der Waals surface area (Å²) in [7, 11) is 0. The lowest BCUT2D eigenvalue weighted by Crippen LogP contribution is -2.46. The second-order valence-corrected chi connectivity index (χ2v) is 10.7. The number of anilines is 1. The molecule has 1 fully saturated rings. The Kier molecular flexibility index (Phi) is 10.0. The summed E-state index contributed by atoms with van der Waals surface area (Å²) in [6.45, 7) is 5.52. The van der Waals surface area contributed by atoms with Crippen molar-refractivity contribution < 1.29 is 14.4 Å². The highest BCUT2D eigenvalue weighted by Gasteiger charge is 2.33. The van der Waals surface area contributed by atoms with Crippen LogP contribution < -0.4 is 4.90 Å². The van der Waals surface area contributed by atoms with Crippen LogP contribution in [0.25, 0.3) is 0 Å². The summed E-state index contributed by atoms with van der Waals surface area (Å²) in [6.07, 6.45) is 7.76. The van der Waals surface area contributed by atoms with Crippen molar-refractivity contribution in [3.63, 3.8) is 0 Å². The first kappa shape index (κ1) is 27.6. The molecule has 2 heterocycles. The molecule has 0 radical (unpaired) electrons. The lowest BCUT2D eigenvalue weighted by molar-refractivity contribution is -0.112. The number of fused-ring (bicyclic) bond motifs is 1. The third-order valence-corrected chi connectivity index (χ3v) is 8.35. The molecule has 2 aromatic rings. The van der Waals surface area contributed by atoms with Gasteiger partial charge in [-0.25, -0.2) is 0 Å². The van der Waals surface area contributed by atoms with Crippen molar-refractivity contribution in [1.29, 1.82) is 0 Å². The number of aryl methyl sites for hydroxylation is 1. The number of hydrogen-bond donors (Lipinski definition) is 0. The Bertz CT molecular complexity index is 1100. The molecule has 2 aliphatic heterocycles. The highest BCUT2D eigenvalue weighted by atomic mass is 35.5. The van der Waals surface area contributed by atoms with Crippen LogP contribution in [0.15, 0.2) is 36.4 Å². The zero-order valence-electron chi connectivity index (χ0n) is 21.2. The van der Waals surface area contributed by atoms with Crippen molar-refractivity contribution in [3.05, 3.63) is 63.1 Å². The van der Waals surface area contributed by atoms with Crippen LogP contribution in [0.4, 0.5) is 5.69 Å². The minimum absolute atomic E-state index is 0.0995. The third kappa shape index (κ3) is 6.73. The minimum atomic E-state index is -0.540. The molecule has 198 valence electrons. The minimum Gasteiger partial charge on any atom is -0.368 e. The Hall–Kier alpha value is -2.41. The number of rotatable bonds is 13. The number of carbonyl (C=O) groups excluding carboxylic acids is 3. The fourth-order valence-corrected chi connectivity index (χ4v) is 5.83. The molecular formula is C29H35Cl2N3O3. The summed E-state index contributed by atoms with van der Waals surface area (Å²) < 4.78 is 0. The Morgan fingerprint density at radius 2 is 1.68 bits per heavy atom. The van der Waals surface area contributed by atoms with Gasteiger partial charge in [-0.3, -0.25) is 9.69 Å². The summed E-state index contributed by atoms with van der Waals surface area (Å²) in [5.74, 6) is -0.0995. The molecule has 0 aliphatic carbocycles. The molecule has 0 aromatic heterocycles. The molecule has 1 atom stereocenters. The van der Waals surface area contributed by atoms with Crippen molar-refractivity contribution in [2.45, 2.75) is 57.5 Å². The average molecular weight is 545 g/mol. The number of hydrogen-bond acceptors (Lipinski definition) is 5. The molecule has 2 aliphatic rings. The van der Waals surface area contributed by atoms with Crippen molar-refractivity contribution in [2.24, 2.45) is 0 Å². The van der Waals surface area contributed by atoms with Gasteiger partial charge >= 0.3 is 0 Å². The van der Waals surface area contributed by atoms with E-state index in [1.165, 1.54) is 18.4 Å². The second-order valence-electron chi connectivity index (χ2n) is 9.89. The molecule has 8 heteroatoms. The highest BCUT2D eigenvalue weighted by Crippen LogP contribution is 2.33. The van der Waals surface area contributed by atoms with Crippen LogP contribution in [0.3, 0.4) is 0 Å². The monoisotopic (exact) mass is 543 g/mol. The topological polar surface area (TPSA) is 60.9 Å². The van der Waals surface area contributed by atoms with Gasteiger partial charge in [0, 0.05) is 44.7 Å². The second kappa shape index (κ2) is 13.4. The smallest absolute Gasteiger partial charge is 0.255 e. The lowest BCUT2D eigenvalue weighted by Gasteiger charge is -2.36. The van der Waals surface area contributed by atoms with Gasteiger partial charge in [-0.05, 0) is 61.6 Å². The number of carbonyl (C=O) groups is 3. The van der Waals surface area contributed by atoms with Crippen LogP contribution in [0.1, 0.15) is 60.0 Å². The van der Waals surface area contributed by atoms with Crippen LogP contribution in [-0.4, -0.2) is 67.0 Å². The predicted octanol–water partition coefficient (Wildman–Crippen LogP) is 5.42. The van der Waals surface area contributed by atoms with E-state index >= 15 is 0 Å². The summed E-state index contributed by atoms with van der Waals surface area (Å²) in [5, 5.41) is 1.24. The van der Waals surface area contributed by atoms with Gasteiger partial charge in [-0.15, -0.1) is 0 Å². The molecular weight excluding hydrogens is 509 g/mol. The average Bonchev–Trinajstić information content (AvgIpc) is 3.25. The van der Waals surface area contributed by atoms with Gasteiger partial charge < -0.3 is 19.4 Å². The van der Waals surface area contributed by atoms with Crippen molar-refractivity contribution in [2.75, 3.05) is 37.6 Å². The number of halogens is 2. The molecule has 4 rings (SSSR count). The maximum absolute atomic E-state index is 12.9. The molecule has 0 saturated carbocycles. The van der Waals surface area contributed by atoms with E-state index in [2.05, 4.69) is 15.9 Å². The van der Waals surface area contributed by atoms with Gasteiger partial charge in [-0.1, -0.05) is 54.2 Å². The fourth-order valence-electron chi connectivity index (χ4n) is 5.41. The number of unbranched alkanes of at least 4 members (excludes halogenated alkanes) is 3. The van der Waals surface area contributed by atoms with E-state index in [1.54, 1.807) is 4.90 Å². The first-order chi connectivity index (χ1) is 18.0. The van der Waals surface area contributed by atoms with E-state index in [-0.39, 0.29) is 12.3 Å². The maximum Gasteiger partial charge on any atom is 0.255 e. The van der Waals surface area contributed by atoms with E-state index in [1.807, 2.05) is 30.3 Å². The Morgan fingerprint density at radius 3 is 2.43 bits per heavy atom. The van der Waals surface area contributed by atoms with Gasteiger partial charge in [0.05, 0.1) is 21.8 Å². The summed E-state index contributed by atoms with van der Waals surface area (Å²) in [4.78, 5) is 41.6. The fraction of sp³-hybridized carbons (Fsp3) is 0.483. The Balaban J connectivity index is 1.17. The predicted molar refractivity (Wildman–Crippen MR) is 149 cm³/mol. The first-order valence-corrected chi connectivity index (χ1v) is 14.0. The Labute approximate surface area is 229 Å². The maximum atomic E-state index is 12.9. The van der Waals surface area contributed by atoms with Crippen LogP contribution in [0.5, 0.6) is 0 Å². The largest absolute Gasteiger partial charge is 0.368 e. The van der Waals surface area contributed by atoms with Crippen molar-refractivity contribution in [3.8, 4) is 0 Å². The van der Waals surface area contributed by atoms with Crippen LogP contribution >= 0.6 is 23.2 Å². The van der Waals surface area contributed by atoms with Gasteiger partial charge in [0.15, 0.2) is 0 Å². The summed E-state index contributed by atoms with van der Waals surface area (Å²) in [5.41, 5.74) is 3.97. The van der Waals surface area contributed by atoms with E-state index in [0.717, 1.165) is 75.8 Å². The Morgan fingerprint density at radius 1 is 0.919 bits per heavy atom. The van der Waals surface area contributed by atoms with E-state index < -0.39 is 6.04 Å². The normalized spacial score (nSPS) is 16.6. The zero-order chi connectivity index (χ0) is 26.2. The van der Waals surface area contributed by atoms with Crippen LogP contribution in [0, 0.1) is 0 Å². The van der Waals surface area contributed by atoms with Crippen LogP contribution in [-0.2, 0) is 22.6 Å². The summed E-state index contributed by atoms with van der Waals surface area (Å²) in [6, 6.07) is 11.2. The number of aldehydes is 2. The van der Waals surface area contributed by atoms with Crippen molar-refractivity contribution in [1.82, 2.24) is 9.80 Å². The first-order valence-electron chi connectivity index (χ1n) is 13.3. The molecule has 6 nitrogen and oxygen atoms in total. The van der Waals surface area contributed by atoms with Gasteiger partial charge in [0.1, 0.15) is 12.6 Å². The van der Waals surface area contributed by atoms with Gasteiger partial charge in [0.25, 0.3) is 5.91 Å². The number of piperazine rings is 1. The molecule has 2 aromatic carbocycles. The quantitative estimate of drug-likeness (QED) is 0.249. The molecule has 1 saturated heterocycles. The van der Waals surface area contributed by atoms with Gasteiger partial charge in [0.2, 0.25) is 0 Å². The molecule has 0 bridgehead atoms. The SMILES string of the molecule is O=CCCC(C=O)N1Cc2c(CCCCCCN3CCN(c4cccc(Cl)c4Cl)CC3)cccc2C1=O. The number of nitrogens with zero attached hydrogens (tertiary/aromatic N) is 3. The number of amides is 1. The lowest BCUT2D eigenvalue weighted by atomic mass is 9.98. The molecule has 1 unspecified atom stereocenters. The highest BCUT2D eigenvalue weighted by molar-refractivity contribution is 6.43. The standard InChI is InChI=1S/C29H35Cl2N3O3/c30-26-12-6-13-27(28(26)31)33-17-15-32(16-18-33)14-4-2-1-3-8-22-9-5-11-24-25(22)20-34(29(24)37)23(21-36)10-7-19-35/h5-6,9,11-13,19,21,23H,1-4,7-8,10,14-18,20H2. The molecule has 37 heavy (non-hydrogen) atoms. The molecule has 0 N–H and O–H groups in total. The summed E-state index contributed by atoms with van der Waals surface area (Å²) >= 11 is 12.6. The van der Waals surface area contributed by atoms with Crippen LogP contribution in [0.2, 0.25) is 10.0 Å². The van der Waals surface area contributed by atoms with Crippen molar-refractivity contribution >= 4 is 47.4 Å². The van der Waals surface area contributed by atoms with E-state index in [0.29, 0.717) is 28.6 Å². The van der Waals surface area contributed by atoms with Gasteiger partial charge in [-0.2, -0.15) is 0 Å². The van der Waals surface area contributed by atoms with E-state index in [9.17, 15) is 14.4 Å². The zero-order valence-corrected chi connectivity index (χ0v) is 22.7.